The number of nitrogens with zero attached hydrogens (tertiary/aromatic N) is 3. The molecule has 28 heavy (non-hydrogen) atoms. The van der Waals surface area contributed by atoms with Gasteiger partial charge >= 0.3 is 0 Å². The molecule has 0 radical (unpaired) electrons. The van der Waals surface area contributed by atoms with Crippen LogP contribution in [0, 0.1) is 6.92 Å². The Morgan fingerprint density at radius 1 is 0.750 bits per heavy atom. The van der Waals surface area contributed by atoms with Gasteiger partial charge in [0, 0.05) is 25.5 Å². The van der Waals surface area contributed by atoms with E-state index in [9.17, 15) is 8.42 Å². The highest BCUT2D eigenvalue weighted by Gasteiger charge is 2.13. The van der Waals surface area contributed by atoms with E-state index in [0.717, 1.165) is 16.9 Å². The Hall–Kier alpha value is -3.19. The first kappa shape index (κ1) is 19.6. The third-order valence-corrected chi connectivity index (χ3v) is 5.50. The highest BCUT2D eigenvalue weighted by molar-refractivity contribution is 7.92. The molecule has 6 nitrogen and oxygen atoms in total. The predicted octanol–water partition coefficient (Wildman–Crippen LogP) is 5.28. The molecule has 0 aliphatic heterocycles. The molecule has 3 rings (SSSR count). The predicted molar refractivity (Wildman–Crippen MR) is 113 cm³/mol. The monoisotopic (exact) mass is 394 g/mol. The Morgan fingerprint density at radius 2 is 1.25 bits per heavy atom. The molecule has 0 unspecified atom stereocenters. The van der Waals surface area contributed by atoms with Crippen molar-refractivity contribution < 1.29 is 8.42 Å². The minimum absolute atomic E-state index is 0.225. The van der Waals surface area contributed by atoms with Gasteiger partial charge in [0.05, 0.1) is 16.3 Å². The fourth-order valence-electron chi connectivity index (χ4n) is 2.46. The molecule has 0 fully saturated rings. The number of sulfonamides is 1. The van der Waals surface area contributed by atoms with E-state index >= 15 is 0 Å². The van der Waals surface area contributed by atoms with Crippen LogP contribution in [-0.2, 0) is 10.0 Å². The van der Waals surface area contributed by atoms with Gasteiger partial charge in [-0.15, -0.1) is 0 Å². The van der Waals surface area contributed by atoms with Crippen molar-refractivity contribution in [2.45, 2.75) is 11.8 Å². The SMILES string of the molecule is Cc1ccc(S(=O)(=O)Nc2ccc(N=Nc3ccc(N(C)C)cc3)cc2)cc1. The van der Waals surface area contributed by atoms with E-state index in [1.54, 1.807) is 48.5 Å². The first-order valence-corrected chi connectivity index (χ1v) is 10.2. The standard InChI is InChI=1S/C21H22N4O2S/c1-16-4-14-21(15-5-16)28(26,27)24-19-8-6-17(7-9-19)22-23-18-10-12-20(13-11-18)25(2)3/h4-15,24H,1-3H3. The van der Waals surface area contributed by atoms with Gasteiger partial charge in [0.2, 0.25) is 0 Å². The minimum atomic E-state index is -3.62. The summed E-state index contributed by atoms with van der Waals surface area (Å²) in [5.41, 5.74) is 3.94. The van der Waals surface area contributed by atoms with E-state index in [4.69, 9.17) is 0 Å². The van der Waals surface area contributed by atoms with Gasteiger partial charge in [-0.1, -0.05) is 17.7 Å². The number of hydrogen-bond acceptors (Lipinski definition) is 5. The van der Waals surface area contributed by atoms with Crippen molar-refractivity contribution >= 4 is 32.8 Å². The number of benzene rings is 3. The average molecular weight is 395 g/mol. The van der Waals surface area contributed by atoms with Crippen molar-refractivity contribution in [2.75, 3.05) is 23.7 Å². The number of azo groups is 1. The largest absolute Gasteiger partial charge is 0.378 e. The van der Waals surface area contributed by atoms with Crippen LogP contribution in [0.3, 0.4) is 0 Å². The summed E-state index contributed by atoms with van der Waals surface area (Å²) in [6.07, 6.45) is 0. The van der Waals surface area contributed by atoms with Crippen LogP contribution in [0.1, 0.15) is 5.56 Å². The Kier molecular flexibility index (Phi) is 5.75. The molecular weight excluding hydrogens is 372 g/mol. The van der Waals surface area contributed by atoms with Crippen molar-refractivity contribution in [1.82, 2.24) is 0 Å². The molecule has 0 aliphatic carbocycles. The highest BCUT2D eigenvalue weighted by Crippen LogP contribution is 2.23. The van der Waals surface area contributed by atoms with Crippen LogP contribution in [0.15, 0.2) is 87.9 Å². The quantitative estimate of drug-likeness (QED) is 0.578. The molecule has 0 bridgehead atoms. The molecule has 144 valence electrons. The molecule has 0 heterocycles. The number of rotatable bonds is 6. The molecule has 7 heteroatoms. The molecule has 3 aromatic rings. The van der Waals surface area contributed by atoms with Crippen molar-refractivity contribution in [3.8, 4) is 0 Å². The maximum absolute atomic E-state index is 12.4. The van der Waals surface area contributed by atoms with Gasteiger partial charge in [-0.05, 0) is 67.6 Å². The number of anilines is 2. The third-order valence-electron chi connectivity index (χ3n) is 4.10. The van der Waals surface area contributed by atoms with E-state index in [0.29, 0.717) is 11.4 Å². The van der Waals surface area contributed by atoms with Gasteiger partial charge in [0.1, 0.15) is 0 Å². The number of hydrogen-bond donors (Lipinski definition) is 1. The lowest BCUT2D eigenvalue weighted by Gasteiger charge is -2.11. The van der Waals surface area contributed by atoms with Crippen molar-refractivity contribution in [3.63, 3.8) is 0 Å². The topological polar surface area (TPSA) is 74.1 Å². The summed E-state index contributed by atoms with van der Waals surface area (Å²) in [5, 5.41) is 8.40. The average Bonchev–Trinajstić information content (AvgIpc) is 2.68. The van der Waals surface area contributed by atoms with Crippen molar-refractivity contribution in [1.29, 1.82) is 0 Å². The zero-order valence-electron chi connectivity index (χ0n) is 16.0. The second kappa shape index (κ2) is 8.22. The summed E-state index contributed by atoms with van der Waals surface area (Å²) in [6, 6.07) is 21.2. The van der Waals surface area contributed by atoms with Crippen LogP contribution < -0.4 is 9.62 Å². The van der Waals surface area contributed by atoms with E-state index in [1.807, 2.05) is 50.2 Å². The van der Waals surface area contributed by atoms with Crippen LogP contribution in [-0.4, -0.2) is 22.5 Å². The summed E-state index contributed by atoms with van der Waals surface area (Å²) >= 11 is 0. The molecular formula is C21H22N4O2S. The van der Waals surface area contributed by atoms with Crippen molar-refractivity contribution in [3.05, 3.63) is 78.4 Å². The Labute approximate surface area is 165 Å². The Morgan fingerprint density at radius 3 is 1.75 bits per heavy atom. The van der Waals surface area contributed by atoms with Crippen LogP contribution in [0.2, 0.25) is 0 Å². The molecule has 0 aromatic heterocycles. The van der Waals surface area contributed by atoms with Crippen molar-refractivity contribution in [2.24, 2.45) is 10.2 Å². The molecule has 0 atom stereocenters. The fraction of sp³-hybridized carbons (Fsp3) is 0.143. The van der Waals surface area contributed by atoms with Gasteiger partial charge in [-0.25, -0.2) is 8.42 Å². The highest BCUT2D eigenvalue weighted by atomic mass is 32.2. The summed E-state index contributed by atoms with van der Waals surface area (Å²) in [7, 11) is 0.337. The third kappa shape index (κ3) is 4.95. The number of aryl methyl sites for hydroxylation is 1. The van der Waals surface area contributed by atoms with Gasteiger partial charge in [0.25, 0.3) is 10.0 Å². The second-order valence-corrected chi connectivity index (χ2v) is 8.26. The van der Waals surface area contributed by atoms with Gasteiger partial charge in [-0.2, -0.15) is 10.2 Å². The molecule has 0 saturated heterocycles. The molecule has 0 amide bonds. The Balaban J connectivity index is 1.68. The van der Waals surface area contributed by atoms with Gasteiger partial charge in [0.15, 0.2) is 0 Å². The molecule has 3 aromatic carbocycles. The molecule has 0 aliphatic rings. The first-order chi connectivity index (χ1) is 13.3. The number of nitrogens with one attached hydrogen (secondary N) is 1. The van der Waals surface area contributed by atoms with E-state index < -0.39 is 10.0 Å². The molecule has 0 spiro atoms. The lowest BCUT2D eigenvalue weighted by Crippen LogP contribution is -2.12. The zero-order chi connectivity index (χ0) is 20.1. The van der Waals surface area contributed by atoms with Crippen LogP contribution in [0.5, 0.6) is 0 Å². The Bertz CT molecular complexity index is 1060. The first-order valence-electron chi connectivity index (χ1n) is 8.72. The molecule has 0 saturated carbocycles. The summed E-state index contributed by atoms with van der Waals surface area (Å²) < 4.78 is 27.4. The smallest absolute Gasteiger partial charge is 0.261 e. The maximum atomic E-state index is 12.4. The fourth-order valence-corrected chi connectivity index (χ4v) is 3.52. The normalized spacial score (nSPS) is 11.5. The lowest BCUT2D eigenvalue weighted by molar-refractivity contribution is 0.601. The minimum Gasteiger partial charge on any atom is -0.378 e. The van der Waals surface area contributed by atoms with Crippen LogP contribution in [0.4, 0.5) is 22.7 Å². The van der Waals surface area contributed by atoms with E-state index in [2.05, 4.69) is 15.0 Å². The zero-order valence-corrected chi connectivity index (χ0v) is 16.8. The summed E-state index contributed by atoms with van der Waals surface area (Å²) in [4.78, 5) is 2.24. The lowest BCUT2D eigenvalue weighted by atomic mass is 10.2. The summed E-state index contributed by atoms with van der Waals surface area (Å²) in [6.45, 7) is 1.91. The summed E-state index contributed by atoms with van der Waals surface area (Å²) in [5.74, 6) is 0. The van der Waals surface area contributed by atoms with Crippen LogP contribution in [0.25, 0.3) is 0 Å². The van der Waals surface area contributed by atoms with Crippen LogP contribution >= 0.6 is 0 Å². The van der Waals surface area contributed by atoms with Gasteiger partial charge < -0.3 is 4.90 Å². The van der Waals surface area contributed by atoms with E-state index in [-0.39, 0.29) is 4.90 Å². The molecule has 1 N–H and O–H groups in total. The second-order valence-electron chi connectivity index (χ2n) is 6.58. The van der Waals surface area contributed by atoms with E-state index in [1.165, 1.54) is 0 Å². The van der Waals surface area contributed by atoms with Gasteiger partial charge in [-0.3, -0.25) is 4.72 Å². The maximum Gasteiger partial charge on any atom is 0.261 e.